The minimum absolute atomic E-state index is 0.0234. The molecule has 3 aromatic rings. The van der Waals surface area contributed by atoms with Crippen molar-refractivity contribution in [1.29, 1.82) is 0 Å². The largest absolute Gasteiger partial charge is 0.462 e. The van der Waals surface area contributed by atoms with Gasteiger partial charge in [0, 0.05) is 0 Å². The molecular weight excluding hydrogens is 341 g/mol. The third-order valence-electron chi connectivity index (χ3n) is 3.41. The first-order valence-electron chi connectivity index (χ1n) is 7.13. The highest BCUT2D eigenvalue weighted by Crippen LogP contribution is 2.34. The average molecular weight is 352 g/mol. The Labute approximate surface area is 138 Å². The zero-order valence-electron chi connectivity index (χ0n) is 12.8. The number of para-hydroxylation sites is 1. The Morgan fingerprint density at radius 2 is 2.12 bits per heavy atom. The first-order valence-corrected chi connectivity index (χ1v) is 7.13. The number of nitrogens with zero attached hydrogens (tertiary/aromatic N) is 3. The van der Waals surface area contributed by atoms with Crippen LogP contribution in [-0.2, 0) is 10.9 Å². The molecule has 1 N–H and O–H groups in total. The Kier molecular flexibility index (Phi) is 4.03. The highest BCUT2D eigenvalue weighted by Gasteiger charge is 2.41. The number of H-pyrrole nitrogens is 1. The number of fused-ring (bicyclic) bond motifs is 1. The van der Waals surface area contributed by atoms with E-state index in [1.807, 2.05) is 0 Å². The van der Waals surface area contributed by atoms with Crippen LogP contribution in [0.4, 0.5) is 13.2 Å². The molecule has 0 amide bonds. The van der Waals surface area contributed by atoms with Gasteiger partial charge in [-0.3, -0.25) is 4.79 Å². The van der Waals surface area contributed by atoms with Crippen molar-refractivity contribution in [1.82, 2.24) is 19.7 Å². The number of carbonyl (C=O) groups excluding carboxylic acids is 1. The number of ether oxygens (including phenoxy) is 1. The van der Waals surface area contributed by atoms with Crippen LogP contribution in [0.3, 0.4) is 0 Å². The summed E-state index contributed by atoms with van der Waals surface area (Å²) in [5.74, 6) is -1.13. The summed E-state index contributed by atoms with van der Waals surface area (Å²) in [7, 11) is 0. The average Bonchev–Trinajstić information content (AvgIpc) is 3.00. The second-order valence-electron chi connectivity index (χ2n) is 4.94. The number of benzene rings is 1. The van der Waals surface area contributed by atoms with Crippen molar-refractivity contribution in [3.63, 3.8) is 0 Å². The number of rotatable bonds is 3. The van der Waals surface area contributed by atoms with Gasteiger partial charge < -0.3 is 9.72 Å². The second kappa shape index (κ2) is 6.04. The predicted molar refractivity (Wildman–Crippen MR) is 80.4 cm³/mol. The number of carbonyl (C=O) groups is 1. The number of aromatic amines is 1. The fourth-order valence-corrected chi connectivity index (χ4v) is 2.42. The van der Waals surface area contributed by atoms with Crippen LogP contribution in [0.5, 0.6) is 0 Å². The van der Waals surface area contributed by atoms with Crippen molar-refractivity contribution in [2.45, 2.75) is 13.1 Å². The van der Waals surface area contributed by atoms with E-state index in [2.05, 4.69) is 19.8 Å². The molecule has 0 radical (unpaired) electrons. The van der Waals surface area contributed by atoms with Crippen molar-refractivity contribution >= 4 is 16.9 Å². The van der Waals surface area contributed by atoms with Gasteiger partial charge in [-0.25, -0.2) is 14.5 Å². The van der Waals surface area contributed by atoms with Crippen LogP contribution >= 0.6 is 0 Å². The molecule has 0 aliphatic heterocycles. The van der Waals surface area contributed by atoms with Crippen LogP contribution in [0, 0.1) is 0 Å². The lowest BCUT2D eigenvalue weighted by Crippen LogP contribution is -2.19. The minimum atomic E-state index is -4.87. The molecule has 0 aliphatic carbocycles. The molecule has 0 aliphatic rings. The van der Waals surface area contributed by atoms with Crippen molar-refractivity contribution < 1.29 is 22.7 Å². The molecule has 1 aromatic carbocycles. The number of esters is 1. The fraction of sp³-hybridized carbons (Fsp3) is 0.200. The summed E-state index contributed by atoms with van der Waals surface area (Å²) in [4.78, 5) is 29.9. The molecule has 0 fully saturated rings. The summed E-state index contributed by atoms with van der Waals surface area (Å²) in [5.41, 5.74) is -2.56. The van der Waals surface area contributed by atoms with Gasteiger partial charge in [0.25, 0.3) is 5.56 Å². The van der Waals surface area contributed by atoms with Crippen LogP contribution in [0.1, 0.15) is 23.0 Å². The van der Waals surface area contributed by atoms with Crippen LogP contribution in [0.25, 0.3) is 16.6 Å². The zero-order chi connectivity index (χ0) is 18.2. The van der Waals surface area contributed by atoms with Gasteiger partial charge in [-0.05, 0) is 19.1 Å². The molecule has 0 atom stereocenters. The number of nitrogens with one attached hydrogen (secondary N) is 1. The molecular formula is C15H11F3N4O3. The SMILES string of the molecule is CCOC(=O)c1cnn(-c2cccc3c(=O)[nH]cnc23)c1C(F)(F)F. The Morgan fingerprint density at radius 3 is 2.80 bits per heavy atom. The highest BCUT2D eigenvalue weighted by atomic mass is 19.4. The maximum Gasteiger partial charge on any atom is 0.434 e. The predicted octanol–water partition coefficient (Wildman–Crippen LogP) is 2.30. The molecule has 2 aromatic heterocycles. The van der Waals surface area contributed by atoms with Crippen LogP contribution in [-0.4, -0.2) is 32.3 Å². The number of halogens is 3. The van der Waals surface area contributed by atoms with Crippen molar-refractivity contribution in [2.75, 3.05) is 6.61 Å². The third kappa shape index (κ3) is 2.86. The van der Waals surface area contributed by atoms with Crippen LogP contribution in [0.2, 0.25) is 0 Å². The van der Waals surface area contributed by atoms with E-state index in [-0.39, 0.29) is 23.2 Å². The van der Waals surface area contributed by atoms with Crippen molar-refractivity contribution in [2.24, 2.45) is 0 Å². The van der Waals surface area contributed by atoms with Crippen molar-refractivity contribution in [3.8, 4) is 5.69 Å². The van der Waals surface area contributed by atoms with Crippen LogP contribution < -0.4 is 5.56 Å². The zero-order valence-corrected chi connectivity index (χ0v) is 12.8. The molecule has 10 heteroatoms. The van der Waals surface area contributed by atoms with E-state index in [1.165, 1.54) is 25.1 Å². The summed E-state index contributed by atoms with van der Waals surface area (Å²) >= 11 is 0. The van der Waals surface area contributed by atoms with Gasteiger partial charge in [-0.2, -0.15) is 18.3 Å². The van der Waals surface area contributed by atoms with Gasteiger partial charge in [-0.1, -0.05) is 6.07 Å². The molecule has 130 valence electrons. The van der Waals surface area contributed by atoms with Gasteiger partial charge in [-0.15, -0.1) is 0 Å². The van der Waals surface area contributed by atoms with E-state index in [1.54, 1.807) is 0 Å². The number of hydrogen-bond acceptors (Lipinski definition) is 5. The Hall–Kier alpha value is -3.17. The summed E-state index contributed by atoms with van der Waals surface area (Å²) in [6, 6.07) is 4.15. The Bertz CT molecular complexity index is 1010. The lowest BCUT2D eigenvalue weighted by molar-refractivity contribution is -0.143. The number of aromatic nitrogens is 4. The highest BCUT2D eigenvalue weighted by molar-refractivity contribution is 5.91. The molecule has 0 saturated carbocycles. The Morgan fingerprint density at radius 1 is 1.36 bits per heavy atom. The smallest absolute Gasteiger partial charge is 0.434 e. The second-order valence-corrected chi connectivity index (χ2v) is 4.94. The van der Waals surface area contributed by atoms with E-state index in [0.717, 1.165) is 12.5 Å². The van der Waals surface area contributed by atoms with Gasteiger partial charge in [0.1, 0.15) is 11.1 Å². The van der Waals surface area contributed by atoms with E-state index < -0.39 is 29.0 Å². The lowest BCUT2D eigenvalue weighted by Gasteiger charge is -2.13. The van der Waals surface area contributed by atoms with E-state index in [9.17, 15) is 22.8 Å². The van der Waals surface area contributed by atoms with Gasteiger partial charge >= 0.3 is 12.1 Å². The quantitative estimate of drug-likeness (QED) is 0.731. The molecule has 3 rings (SSSR count). The van der Waals surface area contributed by atoms with Gasteiger partial charge in [0.15, 0.2) is 5.69 Å². The minimum Gasteiger partial charge on any atom is -0.462 e. The van der Waals surface area contributed by atoms with Gasteiger partial charge in [0.2, 0.25) is 0 Å². The number of hydrogen-bond donors (Lipinski definition) is 1. The first-order chi connectivity index (χ1) is 11.8. The summed E-state index contributed by atoms with van der Waals surface area (Å²) < 4.78 is 45.9. The van der Waals surface area contributed by atoms with Crippen molar-refractivity contribution in [3.05, 3.63) is 52.3 Å². The van der Waals surface area contributed by atoms with Gasteiger partial charge in [0.05, 0.1) is 30.2 Å². The molecule has 2 heterocycles. The Balaban J connectivity index is 2.31. The normalized spacial score (nSPS) is 11.7. The molecule has 0 saturated heterocycles. The fourth-order valence-electron chi connectivity index (χ4n) is 2.42. The lowest BCUT2D eigenvalue weighted by atomic mass is 10.2. The summed E-state index contributed by atoms with van der Waals surface area (Å²) in [6.07, 6.45) is -3.01. The monoisotopic (exact) mass is 352 g/mol. The maximum atomic E-state index is 13.6. The summed E-state index contributed by atoms with van der Waals surface area (Å²) in [5, 5.41) is 3.78. The first kappa shape index (κ1) is 16.7. The molecule has 25 heavy (non-hydrogen) atoms. The molecule has 0 bridgehead atoms. The third-order valence-corrected chi connectivity index (χ3v) is 3.41. The topological polar surface area (TPSA) is 89.9 Å². The van der Waals surface area contributed by atoms with Crippen LogP contribution in [0.15, 0.2) is 35.5 Å². The van der Waals surface area contributed by atoms with E-state index in [0.29, 0.717) is 4.68 Å². The van der Waals surface area contributed by atoms with E-state index >= 15 is 0 Å². The number of alkyl halides is 3. The standard InChI is InChI=1S/C15H11F3N4O3/c1-2-25-14(24)9-6-21-22(12(9)15(16,17)18)10-5-3-4-8-11(10)19-7-20-13(8)23/h3-7H,2H2,1H3,(H,19,20,23). The maximum absolute atomic E-state index is 13.6. The summed E-state index contributed by atoms with van der Waals surface area (Å²) in [6.45, 7) is 1.41. The molecule has 0 spiro atoms. The van der Waals surface area contributed by atoms with E-state index in [4.69, 9.17) is 0 Å². The molecule has 0 unspecified atom stereocenters. The molecule has 7 nitrogen and oxygen atoms in total.